The van der Waals surface area contributed by atoms with E-state index in [9.17, 15) is 0 Å². The van der Waals surface area contributed by atoms with Crippen molar-refractivity contribution < 1.29 is 4.42 Å². The van der Waals surface area contributed by atoms with E-state index in [0.29, 0.717) is 0 Å². The van der Waals surface area contributed by atoms with Gasteiger partial charge in [0.1, 0.15) is 5.58 Å². The Kier molecular flexibility index (Phi) is 8.54. The number of rotatable bonds is 1. The second kappa shape index (κ2) is 13.6. The molecule has 1 aromatic heterocycles. The summed E-state index contributed by atoms with van der Waals surface area (Å²) in [5.74, 6) is 0. The van der Waals surface area contributed by atoms with Gasteiger partial charge in [0.2, 0.25) is 0 Å². The molecule has 1 saturated carbocycles. The van der Waals surface area contributed by atoms with Crippen molar-refractivity contribution in [2.75, 3.05) is 9.80 Å². The van der Waals surface area contributed by atoms with Crippen LogP contribution in [0.4, 0.5) is 34.1 Å². The Morgan fingerprint density at radius 1 is 0.486 bits per heavy atom. The Balaban J connectivity index is 1.15. The lowest BCUT2D eigenvalue weighted by Gasteiger charge is -2.48. The Hall–Kier alpha value is -5.48. The molecule has 0 radical (unpaired) electrons. The third kappa shape index (κ3) is 5.82. The molecule has 72 heavy (non-hydrogen) atoms. The minimum Gasteiger partial charge on any atom is -0.468 e. The molecule has 0 N–H and O–H groups in total. The topological polar surface area (TPSA) is 19.6 Å². The molecule has 6 bridgehead atoms. The minimum absolute atomic E-state index is 0.0143. The van der Waals surface area contributed by atoms with Crippen molar-refractivity contribution in [1.29, 1.82) is 0 Å². The molecule has 3 nitrogen and oxygen atoms in total. The maximum absolute atomic E-state index is 7.81. The van der Waals surface area contributed by atoms with Gasteiger partial charge in [0.15, 0.2) is 0 Å². The fourth-order valence-electron chi connectivity index (χ4n) is 15.9. The number of hydrogen-bond donors (Lipinski definition) is 0. The van der Waals surface area contributed by atoms with Crippen LogP contribution in [0.25, 0.3) is 22.1 Å². The summed E-state index contributed by atoms with van der Waals surface area (Å²) in [6, 6.07) is 40.4. The molecule has 4 aliphatic heterocycles. The number of anilines is 6. The van der Waals surface area contributed by atoms with Crippen molar-refractivity contribution in [2.45, 2.75) is 192 Å². The number of furan rings is 1. The zero-order valence-electron chi connectivity index (χ0n) is 46.1. The fraction of sp³-hybridized carbons (Fsp3) is 0.441. The van der Waals surface area contributed by atoms with Crippen molar-refractivity contribution in [3.05, 3.63) is 147 Å². The molecule has 366 valence electrons. The van der Waals surface area contributed by atoms with Gasteiger partial charge in [0.25, 0.3) is 6.71 Å². The van der Waals surface area contributed by atoms with E-state index >= 15 is 0 Å². The first-order chi connectivity index (χ1) is 33.7. The Labute approximate surface area is 430 Å². The van der Waals surface area contributed by atoms with E-state index in [-0.39, 0.29) is 50.0 Å². The van der Waals surface area contributed by atoms with E-state index in [1.54, 1.807) is 5.56 Å². The van der Waals surface area contributed by atoms with E-state index in [4.69, 9.17) is 4.42 Å². The number of benzene rings is 6. The normalized spacial score (nSPS) is 25.2. The summed E-state index contributed by atoms with van der Waals surface area (Å²) in [7, 11) is 0. The number of fused-ring (bicyclic) bond motifs is 13. The molecule has 4 heteroatoms. The van der Waals surface area contributed by atoms with E-state index < -0.39 is 0 Å². The minimum atomic E-state index is -0.148. The molecule has 4 aliphatic carbocycles. The van der Waals surface area contributed by atoms with Crippen LogP contribution >= 0.6 is 0 Å². The van der Waals surface area contributed by atoms with Crippen molar-refractivity contribution in [2.24, 2.45) is 0 Å². The molecule has 1 fully saturated rings. The molecule has 5 heterocycles. The zero-order valence-corrected chi connectivity index (χ0v) is 46.1. The van der Waals surface area contributed by atoms with Crippen LogP contribution in [0.5, 0.6) is 0 Å². The number of hydrogen-bond acceptors (Lipinski definition) is 3. The largest absolute Gasteiger partial charge is 0.468 e. The molecule has 0 saturated heterocycles. The number of nitrogens with zero attached hydrogens (tertiary/aromatic N) is 2. The molecule has 15 rings (SSSR count). The average Bonchev–Trinajstić information content (AvgIpc) is 3.93. The van der Waals surface area contributed by atoms with Crippen LogP contribution in [0.3, 0.4) is 0 Å². The van der Waals surface area contributed by atoms with E-state index in [2.05, 4.69) is 211 Å². The smallest absolute Gasteiger partial charge is 0.297 e. The maximum atomic E-state index is 7.81. The molecule has 6 aromatic carbocycles. The third-order valence-corrected chi connectivity index (χ3v) is 20.7. The maximum Gasteiger partial charge on any atom is 0.297 e. The van der Waals surface area contributed by atoms with Gasteiger partial charge in [-0.2, -0.15) is 0 Å². The van der Waals surface area contributed by atoms with Crippen LogP contribution < -0.4 is 26.4 Å². The average molecular weight is 947 g/mol. The first kappa shape index (κ1) is 45.2. The second-order valence-corrected chi connectivity index (χ2v) is 29.0. The summed E-state index contributed by atoms with van der Waals surface area (Å²) in [6.45, 7) is 36.6. The van der Waals surface area contributed by atoms with Crippen molar-refractivity contribution in [3.63, 3.8) is 0 Å². The van der Waals surface area contributed by atoms with Crippen LogP contribution in [0.15, 0.2) is 101 Å². The molecule has 3 unspecified atom stereocenters. The molecule has 8 aliphatic rings. The van der Waals surface area contributed by atoms with Crippen LogP contribution in [0.2, 0.25) is 0 Å². The summed E-state index contributed by atoms with van der Waals surface area (Å²) in [6.07, 6.45) is 8.29. The van der Waals surface area contributed by atoms with E-state index in [1.807, 2.05) is 0 Å². The van der Waals surface area contributed by atoms with Crippen LogP contribution in [-0.2, 0) is 43.3 Å². The van der Waals surface area contributed by atoms with Gasteiger partial charge in [-0.25, -0.2) is 0 Å². The van der Waals surface area contributed by atoms with Gasteiger partial charge in [-0.05, 0) is 204 Å². The summed E-state index contributed by atoms with van der Waals surface area (Å²) in [4.78, 5) is 5.42. The summed E-state index contributed by atoms with van der Waals surface area (Å²) in [5.41, 5.74) is 28.2. The fourth-order valence-corrected chi connectivity index (χ4v) is 15.9. The predicted molar refractivity (Wildman–Crippen MR) is 306 cm³/mol. The monoisotopic (exact) mass is 947 g/mol. The third-order valence-electron chi connectivity index (χ3n) is 20.7. The van der Waals surface area contributed by atoms with Crippen LogP contribution in [-0.4, -0.2) is 6.71 Å². The Morgan fingerprint density at radius 3 is 1.76 bits per heavy atom. The van der Waals surface area contributed by atoms with Gasteiger partial charge in [0.05, 0.1) is 17.0 Å². The lowest BCUT2D eigenvalue weighted by molar-refractivity contribution is 0.332. The van der Waals surface area contributed by atoms with Gasteiger partial charge < -0.3 is 14.2 Å². The predicted octanol–water partition coefficient (Wildman–Crippen LogP) is 16.5. The van der Waals surface area contributed by atoms with Crippen molar-refractivity contribution in [1.82, 2.24) is 0 Å². The van der Waals surface area contributed by atoms with Gasteiger partial charge in [-0.3, -0.25) is 0 Å². The highest BCUT2D eigenvalue weighted by molar-refractivity contribution is 7.00. The summed E-state index contributed by atoms with van der Waals surface area (Å²) in [5, 5.41) is 1.26. The lowest BCUT2D eigenvalue weighted by atomic mass is 9.35. The highest BCUT2D eigenvalue weighted by atomic mass is 16.3. The van der Waals surface area contributed by atoms with Gasteiger partial charge in [0, 0.05) is 39.1 Å². The SMILES string of the molecule is CC(C)(C)c1ccc2c(c1)-c1ccc(cc1)C1(C)CCC(C)(C)c3cc4c(cc31)N2c1cc(C(C)(C)C)cc2c1B4c1oc3cc4c(cc3c1N2c1ccc2c(c1)C(C)(C)CCC2(C)C)C1(C)CCC4(C)C1. The highest BCUT2D eigenvalue weighted by Gasteiger charge is 2.55. The van der Waals surface area contributed by atoms with Crippen molar-refractivity contribution >= 4 is 68.4 Å². The molecular weight excluding hydrogens is 872 g/mol. The van der Waals surface area contributed by atoms with Gasteiger partial charge in [-0.1, -0.05) is 146 Å². The first-order valence-electron chi connectivity index (χ1n) is 27.7. The molecule has 0 amide bonds. The molecule has 7 aromatic rings. The molecule has 3 atom stereocenters. The molecule has 0 spiro atoms. The Bertz CT molecular complexity index is 3570. The van der Waals surface area contributed by atoms with Crippen molar-refractivity contribution in [3.8, 4) is 11.1 Å². The Morgan fingerprint density at radius 2 is 1.10 bits per heavy atom. The zero-order chi connectivity index (χ0) is 50.4. The second-order valence-electron chi connectivity index (χ2n) is 29.0. The van der Waals surface area contributed by atoms with E-state index in [0.717, 1.165) is 24.1 Å². The highest BCUT2D eigenvalue weighted by Crippen LogP contribution is 2.62. The quantitative estimate of drug-likeness (QED) is 0.153. The van der Waals surface area contributed by atoms with E-state index in [1.165, 1.54) is 138 Å². The molecular formula is C68H75BN2O. The summed E-state index contributed by atoms with van der Waals surface area (Å²) < 4.78 is 7.81. The first-order valence-corrected chi connectivity index (χ1v) is 27.7. The van der Waals surface area contributed by atoms with Gasteiger partial charge >= 0.3 is 0 Å². The van der Waals surface area contributed by atoms with Crippen LogP contribution in [0.1, 0.15) is 199 Å². The lowest BCUT2D eigenvalue weighted by Crippen LogP contribution is -2.61. The van der Waals surface area contributed by atoms with Crippen LogP contribution in [0, 0.1) is 0 Å². The summed E-state index contributed by atoms with van der Waals surface area (Å²) >= 11 is 0. The standard InChI is InChI=1S/C68H75BN2O/c1-61(2,3)41-20-23-53-44(30-41)39-16-18-40(19-17-39)68(15)29-26-65(11,12)48-35-52-54(36-51(48)68)71(53)56-32-42(62(4,5)6)31-55-58(56)69(52)60-59(45-34-49-50(37-57(45)72-60)67(14)28-27-66(49,13)38-67)70(55)43-21-22-46-47(33-43)64(9,10)25-24-63(46,7)8/h16-23,30-37H,24-29,38H2,1-15H3. The van der Waals surface area contributed by atoms with Gasteiger partial charge in [-0.15, -0.1) is 0 Å².